The van der Waals surface area contributed by atoms with E-state index in [1.807, 2.05) is 30.3 Å². The van der Waals surface area contributed by atoms with Gasteiger partial charge in [-0.05, 0) is 45.6 Å². The summed E-state index contributed by atoms with van der Waals surface area (Å²) in [7, 11) is 0. The first-order valence-electron chi connectivity index (χ1n) is 6.84. The van der Waals surface area contributed by atoms with E-state index >= 15 is 0 Å². The van der Waals surface area contributed by atoms with Gasteiger partial charge >= 0.3 is 0 Å². The molecule has 0 aliphatic heterocycles. The van der Waals surface area contributed by atoms with Crippen molar-refractivity contribution in [2.75, 3.05) is 5.32 Å². The second-order valence-corrected chi connectivity index (χ2v) is 7.20. The van der Waals surface area contributed by atoms with Crippen molar-refractivity contribution in [2.45, 2.75) is 0 Å². The van der Waals surface area contributed by atoms with Crippen LogP contribution in [-0.2, 0) is 0 Å². The molecule has 0 spiro atoms. The van der Waals surface area contributed by atoms with Crippen molar-refractivity contribution in [1.82, 2.24) is 0 Å². The molecule has 1 heterocycles. The van der Waals surface area contributed by atoms with Crippen molar-refractivity contribution < 1.29 is 0 Å². The highest BCUT2D eigenvalue weighted by Crippen LogP contribution is 2.41. The Kier molecular flexibility index (Phi) is 3.57. The van der Waals surface area contributed by atoms with E-state index in [4.69, 9.17) is 11.6 Å². The maximum atomic E-state index is 6.47. The fraction of sp³-hybridized carbons (Fsp3) is 0. The van der Waals surface area contributed by atoms with E-state index < -0.39 is 0 Å². The summed E-state index contributed by atoms with van der Waals surface area (Å²) in [6.07, 6.45) is 0. The summed E-state index contributed by atoms with van der Waals surface area (Å²) in [5, 5.41) is 9.91. The van der Waals surface area contributed by atoms with Crippen molar-refractivity contribution in [2.24, 2.45) is 0 Å². The molecule has 0 amide bonds. The number of hydrogen-bond donors (Lipinski definition) is 1. The third-order valence-electron chi connectivity index (χ3n) is 3.67. The van der Waals surface area contributed by atoms with Gasteiger partial charge < -0.3 is 5.32 Å². The molecule has 4 heteroatoms. The lowest BCUT2D eigenvalue weighted by Crippen LogP contribution is -1.90. The molecule has 0 aliphatic rings. The Bertz CT molecular complexity index is 993. The van der Waals surface area contributed by atoms with Crippen LogP contribution in [0.5, 0.6) is 0 Å². The minimum Gasteiger partial charge on any atom is -0.353 e. The molecule has 0 fully saturated rings. The van der Waals surface area contributed by atoms with Crippen molar-refractivity contribution in [3.05, 3.63) is 69.5 Å². The van der Waals surface area contributed by atoms with E-state index in [0.717, 1.165) is 31.6 Å². The number of thiophene rings is 1. The first kappa shape index (κ1) is 14.1. The van der Waals surface area contributed by atoms with Gasteiger partial charge in [-0.3, -0.25) is 0 Å². The molecule has 1 aromatic heterocycles. The summed E-state index contributed by atoms with van der Waals surface area (Å²) in [4.78, 5) is 0. The van der Waals surface area contributed by atoms with Gasteiger partial charge in [-0.25, -0.2) is 0 Å². The van der Waals surface area contributed by atoms with E-state index in [0.29, 0.717) is 0 Å². The minimum atomic E-state index is 0.789. The van der Waals surface area contributed by atoms with Crippen LogP contribution in [-0.4, -0.2) is 0 Å². The number of para-hydroxylation sites is 1. The highest BCUT2D eigenvalue weighted by atomic mass is 79.9. The van der Waals surface area contributed by atoms with Gasteiger partial charge in [-0.1, -0.05) is 41.9 Å². The number of fused-ring (bicyclic) bond motifs is 3. The molecule has 22 heavy (non-hydrogen) atoms. The van der Waals surface area contributed by atoms with Crippen LogP contribution in [0.1, 0.15) is 0 Å². The number of anilines is 2. The Balaban J connectivity index is 1.97. The lowest BCUT2D eigenvalue weighted by Gasteiger charge is -2.09. The number of halogens is 2. The predicted molar refractivity (Wildman–Crippen MR) is 102 cm³/mol. The highest BCUT2D eigenvalue weighted by molar-refractivity contribution is 9.10. The van der Waals surface area contributed by atoms with Gasteiger partial charge in [0.1, 0.15) is 0 Å². The summed E-state index contributed by atoms with van der Waals surface area (Å²) in [6, 6.07) is 18.4. The van der Waals surface area contributed by atoms with Crippen molar-refractivity contribution in [3.63, 3.8) is 0 Å². The summed E-state index contributed by atoms with van der Waals surface area (Å²) in [6.45, 7) is 0. The molecule has 0 atom stereocenters. The zero-order chi connectivity index (χ0) is 15.1. The van der Waals surface area contributed by atoms with E-state index in [2.05, 4.69) is 50.9 Å². The zero-order valence-electron chi connectivity index (χ0n) is 11.4. The Morgan fingerprint density at radius 1 is 0.864 bits per heavy atom. The van der Waals surface area contributed by atoms with Crippen molar-refractivity contribution in [3.8, 4) is 0 Å². The number of nitrogens with one attached hydrogen (secondary N) is 1. The third-order valence-corrected chi connectivity index (χ3v) is 5.63. The van der Waals surface area contributed by atoms with Crippen LogP contribution < -0.4 is 5.32 Å². The Morgan fingerprint density at radius 3 is 2.59 bits per heavy atom. The lowest BCUT2D eigenvalue weighted by molar-refractivity contribution is 1.56. The molecule has 0 radical (unpaired) electrons. The van der Waals surface area contributed by atoms with Gasteiger partial charge in [0.25, 0.3) is 0 Å². The molecular weight excluding hydrogens is 378 g/mol. The van der Waals surface area contributed by atoms with E-state index in [1.54, 1.807) is 11.3 Å². The molecule has 0 saturated heterocycles. The van der Waals surface area contributed by atoms with Crippen LogP contribution in [0.3, 0.4) is 0 Å². The first-order valence-corrected chi connectivity index (χ1v) is 8.89. The fourth-order valence-corrected chi connectivity index (χ4v) is 4.22. The van der Waals surface area contributed by atoms with Crippen LogP contribution >= 0.6 is 38.9 Å². The van der Waals surface area contributed by atoms with E-state index in [-0.39, 0.29) is 0 Å². The second kappa shape index (κ2) is 5.58. The lowest BCUT2D eigenvalue weighted by atomic mass is 10.1. The maximum Gasteiger partial charge on any atom is 0.0580 e. The third kappa shape index (κ3) is 2.30. The summed E-state index contributed by atoms with van der Waals surface area (Å²) >= 11 is 11.8. The quantitative estimate of drug-likeness (QED) is 0.382. The summed E-state index contributed by atoms with van der Waals surface area (Å²) < 4.78 is 2.27. The molecule has 1 nitrogen and oxygen atoms in total. The molecule has 4 rings (SSSR count). The molecule has 3 aromatic carbocycles. The Morgan fingerprint density at radius 2 is 1.73 bits per heavy atom. The highest BCUT2D eigenvalue weighted by Gasteiger charge is 2.11. The molecule has 0 unspecified atom stereocenters. The average molecular weight is 389 g/mol. The zero-order valence-corrected chi connectivity index (χ0v) is 14.6. The maximum absolute atomic E-state index is 6.47. The molecule has 0 aliphatic carbocycles. The molecule has 1 N–H and O–H groups in total. The number of hydrogen-bond acceptors (Lipinski definition) is 2. The monoisotopic (exact) mass is 387 g/mol. The summed E-state index contributed by atoms with van der Waals surface area (Å²) in [5.41, 5.74) is 2.14. The predicted octanol–water partition coefficient (Wildman–Crippen LogP) is 7.21. The summed E-state index contributed by atoms with van der Waals surface area (Å²) in [5.74, 6) is 0. The normalized spacial score (nSPS) is 11.2. The Hall–Kier alpha value is -1.55. The van der Waals surface area contributed by atoms with Gasteiger partial charge in [-0.2, -0.15) is 0 Å². The van der Waals surface area contributed by atoms with E-state index in [1.165, 1.54) is 10.1 Å². The molecular formula is C18H11BrClNS. The average Bonchev–Trinajstić information content (AvgIpc) is 2.93. The molecule has 0 bridgehead atoms. The van der Waals surface area contributed by atoms with Crippen LogP contribution in [0.25, 0.3) is 20.9 Å². The largest absolute Gasteiger partial charge is 0.353 e. The molecule has 4 aromatic rings. The van der Waals surface area contributed by atoms with Crippen molar-refractivity contribution >= 4 is 71.1 Å². The van der Waals surface area contributed by atoms with Gasteiger partial charge in [0.2, 0.25) is 0 Å². The molecule has 108 valence electrons. The minimum absolute atomic E-state index is 0.789. The second-order valence-electron chi connectivity index (χ2n) is 5.03. The van der Waals surface area contributed by atoms with Gasteiger partial charge in [0.05, 0.1) is 11.4 Å². The van der Waals surface area contributed by atoms with Gasteiger partial charge in [0, 0.05) is 30.3 Å². The number of rotatable bonds is 2. The standard InChI is InChI=1S/C18H11BrClNS/c19-12-5-1-2-7-14(12)21-15-10-22-16-9-8-11-4-3-6-13(20)17(11)18(15)16/h1-10,21H. The van der Waals surface area contributed by atoms with Crippen LogP contribution in [0.4, 0.5) is 11.4 Å². The smallest absolute Gasteiger partial charge is 0.0580 e. The van der Waals surface area contributed by atoms with Crippen LogP contribution in [0, 0.1) is 0 Å². The van der Waals surface area contributed by atoms with Crippen LogP contribution in [0.2, 0.25) is 5.02 Å². The SMILES string of the molecule is Clc1cccc2ccc3scc(Nc4ccccc4Br)c3c12. The fourth-order valence-electron chi connectivity index (χ4n) is 2.66. The van der Waals surface area contributed by atoms with E-state index in [9.17, 15) is 0 Å². The van der Waals surface area contributed by atoms with Gasteiger partial charge in [-0.15, -0.1) is 11.3 Å². The topological polar surface area (TPSA) is 12.0 Å². The first-order chi connectivity index (χ1) is 10.7. The van der Waals surface area contributed by atoms with Crippen LogP contribution in [0.15, 0.2) is 64.5 Å². The van der Waals surface area contributed by atoms with Gasteiger partial charge in [0.15, 0.2) is 0 Å². The Labute approximate surface area is 145 Å². The molecule has 0 saturated carbocycles. The van der Waals surface area contributed by atoms with Crippen molar-refractivity contribution in [1.29, 1.82) is 0 Å². The number of benzene rings is 3.